The van der Waals surface area contributed by atoms with Gasteiger partial charge in [-0.3, -0.25) is 15.2 Å². The highest BCUT2D eigenvalue weighted by molar-refractivity contribution is 7.92. The highest BCUT2D eigenvalue weighted by atomic mass is 32.2. The Hall–Kier alpha value is -2.35. The minimum absolute atomic E-state index is 0.0753. The van der Waals surface area contributed by atoms with Crippen molar-refractivity contribution < 1.29 is 8.42 Å². The molecule has 0 radical (unpaired) electrons. The van der Waals surface area contributed by atoms with Crippen LogP contribution in [0.5, 0.6) is 0 Å². The molecule has 0 unspecified atom stereocenters. The first-order chi connectivity index (χ1) is 8.50. The molecule has 8 heteroatoms. The van der Waals surface area contributed by atoms with Crippen molar-refractivity contribution >= 4 is 21.7 Å². The molecule has 94 valence electrons. The molecule has 1 aromatic heterocycles. The molecular formula is C10H11N5O2S. The topological polar surface area (TPSA) is 125 Å². The highest BCUT2D eigenvalue weighted by Gasteiger charge is 2.17. The summed E-state index contributed by atoms with van der Waals surface area (Å²) in [6.07, 6.45) is 1.28. The number of nitrogen functional groups attached to an aromatic ring is 1. The Labute approximate surface area is 104 Å². The van der Waals surface area contributed by atoms with Gasteiger partial charge in [-0.25, -0.2) is 8.42 Å². The number of aromatic amines is 1. The molecule has 0 atom stereocenters. The molecule has 1 heterocycles. The predicted molar refractivity (Wildman–Crippen MR) is 66.9 cm³/mol. The first-order valence-electron chi connectivity index (χ1n) is 4.96. The number of amidine groups is 1. The van der Waals surface area contributed by atoms with Gasteiger partial charge in [0.2, 0.25) is 0 Å². The van der Waals surface area contributed by atoms with Crippen LogP contribution >= 0.6 is 0 Å². The van der Waals surface area contributed by atoms with Crippen molar-refractivity contribution in [2.45, 2.75) is 4.90 Å². The van der Waals surface area contributed by atoms with Crippen molar-refractivity contribution in [2.75, 3.05) is 4.72 Å². The van der Waals surface area contributed by atoms with E-state index in [1.807, 2.05) is 0 Å². The Morgan fingerprint density at radius 1 is 1.33 bits per heavy atom. The van der Waals surface area contributed by atoms with Crippen LogP contribution in [-0.4, -0.2) is 24.5 Å². The molecule has 0 aliphatic rings. The average Bonchev–Trinajstić information content (AvgIpc) is 2.78. The largest absolute Gasteiger partial charge is 0.384 e. The van der Waals surface area contributed by atoms with E-state index >= 15 is 0 Å². The normalized spacial score (nSPS) is 11.1. The summed E-state index contributed by atoms with van der Waals surface area (Å²) in [6.45, 7) is 0. The maximum Gasteiger partial charge on any atom is 0.263 e. The quantitative estimate of drug-likeness (QED) is 0.474. The van der Waals surface area contributed by atoms with E-state index in [0.717, 1.165) is 0 Å². The van der Waals surface area contributed by atoms with E-state index in [1.54, 1.807) is 18.2 Å². The second kappa shape index (κ2) is 4.49. The van der Waals surface area contributed by atoms with Gasteiger partial charge >= 0.3 is 0 Å². The summed E-state index contributed by atoms with van der Waals surface area (Å²) in [7, 11) is -3.71. The fraction of sp³-hybridized carbons (Fsp3) is 0. The molecule has 0 amide bonds. The Bertz CT molecular complexity index is 663. The summed E-state index contributed by atoms with van der Waals surface area (Å²) in [4.78, 5) is 0.120. The Morgan fingerprint density at radius 2 is 2.00 bits per heavy atom. The zero-order valence-electron chi connectivity index (χ0n) is 9.21. The van der Waals surface area contributed by atoms with Gasteiger partial charge in [0.1, 0.15) is 11.7 Å². The lowest BCUT2D eigenvalue weighted by atomic mass is 10.3. The number of nitrogens with zero attached hydrogens (tertiary/aromatic N) is 1. The van der Waals surface area contributed by atoms with Gasteiger partial charge < -0.3 is 5.73 Å². The number of anilines is 1. The summed E-state index contributed by atoms with van der Waals surface area (Å²) in [5.41, 5.74) is 5.51. The lowest BCUT2D eigenvalue weighted by molar-refractivity contribution is 0.601. The van der Waals surface area contributed by atoms with E-state index < -0.39 is 10.0 Å². The number of hydrogen-bond acceptors (Lipinski definition) is 4. The zero-order chi connectivity index (χ0) is 13.2. The van der Waals surface area contributed by atoms with Crippen molar-refractivity contribution in [1.29, 1.82) is 5.41 Å². The maximum atomic E-state index is 12.0. The molecule has 0 aliphatic heterocycles. The first kappa shape index (κ1) is 12.1. The van der Waals surface area contributed by atoms with E-state index in [0.29, 0.717) is 0 Å². The van der Waals surface area contributed by atoms with Crippen molar-refractivity contribution in [3.63, 3.8) is 0 Å². The lowest BCUT2D eigenvalue weighted by Crippen LogP contribution is -2.18. The summed E-state index contributed by atoms with van der Waals surface area (Å²) in [5.74, 6) is -0.194. The number of nitrogens with two attached hydrogens (primary N) is 1. The molecule has 2 aromatic rings. The van der Waals surface area contributed by atoms with Crippen molar-refractivity contribution in [3.8, 4) is 0 Å². The van der Waals surface area contributed by atoms with Crippen LogP contribution in [0, 0.1) is 5.41 Å². The van der Waals surface area contributed by atoms with Crippen molar-refractivity contribution in [3.05, 3.63) is 42.1 Å². The monoisotopic (exact) mass is 265 g/mol. The van der Waals surface area contributed by atoms with Gasteiger partial charge in [-0.05, 0) is 12.1 Å². The molecule has 0 aliphatic carbocycles. The van der Waals surface area contributed by atoms with E-state index in [9.17, 15) is 8.42 Å². The zero-order valence-corrected chi connectivity index (χ0v) is 10.0. The third-order valence-corrected chi connectivity index (χ3v) is 3.59. The van der Waals surface area contributed by atoms with Crippen LogP contribution in [0.1, 0.15) is 5.56 Å². The molecule has 2 rings (SSSR count). The number of nitrogens with one attached hydrogen (secondary N) is 3. The average molecular weight is 265 g/mol. The molecule has 0 bridgehead atoms. The number of sulfonamides is 1. The maximum absolute atomic E-state index is 12.0. The van der Waals surface area contributed by atoms with Crippen LogP contribution in [0.3, 0.4) is 0 Å². The molecule has 5 N–H and O–H groups in total. The van der Waals surface area contributed by atoms with Gasteiger partial charge in [-0.15, -0.1) is 0 Å². The summed E-state index contributed by atoms with van der Waals surface area (Å²) >= 11 is 0. The fourth-order valence-electron chi connectivity index (χ4n) is 1.36. The third kappa shape index (κ3) is 2.33. The smallest absolute Gasteiger partial charge is 0.263 e. The SMILES string of the molecule is N=C(N)c1cn[nH]c1NS(=O)(=O)c1ccccc1. The molecule has 0 spiro atoms. The third-order valence-electron chi connectivity index (χ3n) is 2.22. The van der Waals surface area contributed by atoms with Gasteiger partial charge in [0, 0.05) is 0 Å². The van der Waals surface area contributed by atoms with Crippen molar-refractivity contribution in [1.82, 2.24) is 10.2 Å². The highest BCUT2D eigenvalue weighted by Crippen LogP contribution is 2.16. The summed E-state index contributed by atoms with van der Waals surface area (Å²) in [5, 5.41) is 13.4. The molecule has 0 saturated carbocycles. The Morgan fingerprint density at radius 3 is 2.61 bits per heavy atom. The van der Waals surface area contributed by atoms with Gasteiger partial charge in [0.15, 0.2) is 0 Å². The van der Waals surface area contributed by atoms with E-state index in [4.69, 9.17) is 11.1 Å². The molecule has 0 fully saturated rings. The molecule has 0 saturated heterocycles. The number of benzene rings is 1. The molecule has 18 heavy (non-hydrogen) atoms. The standard InChI is InChI=1S/C10H11N5O2S/c11-9(12)8-6-13-14-10(8)15-18(16,17)7-4-2-1-3-5-7/h1-6H,(H3,11,12)(H2,13,14,15). The second-order valence-electron chi connectivity index (χ2n) is 3.49. The van der Waals surface area contributed by atoms with Crippen LogP contribution in [-0.2, 0) is 10.0 Å². The van der Waals surface area contributed by atoms with Crippen molar-refractivity contribution in [2.24, 2.45) is 5.73 Å². The minimum Gasteiger partial charge on any atom is -0.384 e. The second-order valence-corrected chi connectivity index (χ2v) is 5.17. The summed E-state index contributed by atoms with van der Waals surface area (Å²) < 4.78 is 26.3. The van der Waals surface area contributed by atoms with Crippen LogP contribution in [0.4, 0.5) is 5.82 Å². The fourth-order valence-corrected chi connectivity index (χ4v) is 2.42. The van der Waals surface area contributed by atoms with Crippen LogP contribution in [0.15, 0.2) is 41.4 Å². The summed E-state index contributed by atoms with van der Waals surface area (Å²) in [6, 6.07) is 7.88. The number of rotatable bonds is 4. The first-order valence-corrected chi connectivity index (χ1v) is 6.44. The lowest BCUT2D eigenvalue weighted by Gasteiger charge is -2.07. The van der Waals surface area contributed by atoms with Crippen LogP contribution < -0.4 is 10.5 Å². The molecule has 7 nitrogen and oxygen atoms in total. The van der Waals surface area contributed by atoms with Gasteiger partial charge in [0.25, 0.3) is 10.0 Å². The Balaban J connectivity index is 2.34. The molecular weight excluding hydrogens is 254 g/mol. The van der Waals surface area contributed by atoms with Gasteiger partial charge in [0.05, 0.1) is 16.7 Å². The number of hydrogen-bond donors (Lipinski definition) is 4. The van der Waals surface area contributed by atoms with Crippen LogP contribution in [0.25, 0.3) is 0 Å². The van der Waals surface area contributed by atoms with E-state index in [1.165, 1.54) is 18.3 Å². The predicted octanol–water partition coefficient (Wildman–Crippen LogP) is 0.495. The van der Waals surface area contributed by atoms with Gasteiger partial charge in [-0.1, -0.05) is 18.2 Å². The van der Waals surface area contributed by atoms with E-state index in [2.05, 4.69) is 14.9 Å². The Kier molecular flexibility index (Phi) is 3.02. The minimum atomic E-state index is -3.71. The van der Waals surface area contributed by atoms with Crippen LogP contribution in [0.2, 0.25) is 0 Å². The van der Waals surface area contributed by atoms with E-state index in [-0.39, 0.29) is 22.1 Å². The molecule has 1 aromatic carbocycles. The number of H-pyrrole nitrogens is 1. The van der Waals surface area contributed by atoms with Gasteiger partial charge in [-0.2, -0.15) is 5.10 Å². The number of aromatic nitrogens is 2.